The molecule has 0 radical (unpaired) electrons. The molecule has 0 aliphatic carbocycles. The zero-order valence-corrected chi connectivity index (χ0v) is 19.8. The van der Waals surface area contributed by atoms with Crippen molar-refractivity contribution >= 4 is 46.9 Å². The molecule has 0 fully saturated rings. The van der Waals surface area contributed by atoms with E-state index in [1.165, 1.54) is 6.21 Å². The second kappa shape index (κ2) is 11.4. The molecule has 0 saturated carbocycles. The first-order chi connectivity index (χ1) is 17.0. The lowest BCUT2D eigenvalue weighted by molar-refractivity contribution is -0.118. The van der Waals surface area contributed by atoms with Crippen LogP contribution in [0.2, 0.25) is 10.0 Å². The number of anilines is 1. The minimum atomic E-state index is -0.336. The van der Waals surface area contributed by atoms with E-state index in [4.69, 9.17) is 27.9 Å². The summed E-state index contributed by atoms with van der Waals surface area (Å²) in [5, 5.41) is 7.49. The highest BCUT2D eigenvalue weighted by molar-refractivity contribution is 6.42. The molecule has 0 spiro atoms. The van der Waals surface area contributed by atoms with Gasteiger partial charge in [0.1, 0.15) is 5.75 Å². The lowest BCUT2D eigenvalue weighted by Gasteiger charge is -2.09. The molecule has 1 heterocycles. The third kappa shape index (κ3) is 6.50. The molecule has 3 aromatic carbocycles. The molecule has 0 aliphatic heterocycles. The first-order valence-corrected chi connectivity index (χ1v) is 11.3. The van der Waals surface area contributed by atoms with Crippen molar-refractivity contribution < 1.29 is 14.3 Å². The molecular formula is C26H20Cl2N4O3. The van der Waals surface area contributed by atoms with Crippen molar-refractivity contribution in [3.8, 4) is 11.4 Å². The van der Waals surface area contributed by atoms with Crippen LogP contribution in [0.3, 0.4) is 0 Å². The number of hydrogen-bond donors (Lipinski definition) is 2. The van der Waals surface area contributed by atoms with E-state index in [9.17, 15) is 9.59 Å². The van der Waals surface area contributed by atoms with Gasteiger partial charge >= 0.3 is 0 Å². The van der Waals surface area contributed by atoms with Gasteiger partial charge in [0.2, 0.25) is 0 Å². The SMILES string of the molecule is O=C(COc1ccc(/C=N\NC(=O)c2ccccc2-n2cccc2)cc1)Nc1ccc(Cl)c(Cl)c1. The van der Waals surface area contributed by atoms with Gasteiger partial charge in [-0.2, -0.15) is 5.10 Å². The van der Waals surface area contributed by atoms with Crippen LogP contribution in [0.1, 0.15) is 15.9 Å². The Morgan fingerprint density at radius 1 is 0.914 bits per heavy atom. The molecule has 2 amide bonds. The predicted molar refractivity (Wildman–Crippen MR) is 138 cm³/mol. The number of aromatic nitrogens is 1. The van der Waals surface area contributed by atoms with Crippen molar-refractivity contribution in [1.82, 2.24) is 9.99 Å². The van der Waals surface area contributed by atoms with E-state index in [2.05, 4.69) is 15.8 Å². The average Bonchev–Trinajstić information content (AvgIpc) is 3.41. The van der Waals surface area contributed by atoms with E-state index in [1.54, 1.807) is 54.6 Å². The maximum absolute atomic E-state index is 12.6. The number of nitrogens with one attached hydrogen (secondary N) is 2. The number of carbonyl (C=O) groups is 2. The molecule has 4 rings (SSSR count). The molecule has 7 nitrogen and oxygen atoms in total. The van der Waals surface area contributed by atoms with Crippen molar-refractivity contribution in [2.45, 2.75) is 0 Å². The Hall–Kier alpha value is -4.07. The van der Waals surface area contributed by atoms with E-state index < -0.39 is 0 Å². The molecule has 0 unspecified atom stereocenters. The largest absolute Gasteiger partial charge is 0.484 e. The Bertz CT molecular complexity index is 1350. The third-order valence-electron chi connectivity index (χ3n) is 4.86. The first-order valence-electron chi connectivity index (χ1n) is 10.5. The number of amides is 2. The monoisotopic (exact) mass is 506 g/mol. The van der Waals surface area contributed by atoms with Crippen LogP contribution in [-0.2, 0) is 4.79 Å². The normalized spacial score (nSPS) is 10.8. The van der Waals surface area contributed by atoms with Crippen LogP contribution in [0, 0.1) is 0 Å². The summed E-state index contributed by atoms with van der Waals surface area (Å²) < 4.78 is 7.37. The highest BCUT2D eigenvalue weighted by atomic mass is 35.5. The number of hydrazone groups is 1. The van der Waals surface area contributed by atoms with E-state index in [0.29, 0.717) is 27.0 Å². The fourth-order valence-corrected chi connectivity index (χ4v) is 3.48. The Balaban J connectivity index is 1.28. The van der Waals surface area contributed by atoms with Crippen LogP contribution in [0.4, 0.5) is 5.69 Å². The van der Waals surface area contributed by atoms with Gasteiger partial charge in [-0.3, -0.25) is 9.59 Å². The lowest BCUT2D eigenvalue weighted by Crippen LogP contribution is -2.20. The Labute approximate surface area is 211 Å². The molecule has 0 aliphatic rings. The smallest absolute Gasteiger partial charge is 0.273 e. The topological polar surface area (TPSA) is 84.7 Å². The molecule has 176 valence electrons. The van der Waals surface area contributed by atoms with Gasteiger partial charge in [0.15, 0.2) is 6.61 Å². The standard InChI is InChI=1S/C26H20Cl2N4O3/c27-22-12-9-19(15-23(22)28)30-25(33)17-35-20-10-7-18(8-11-20)16-29-31-26(34)21-5-1-2-6-24(21)32-13-3-4-14-32/h1-16H,17H2,(H,30,33)(H,31,34)/b29-16-. The molecule has 2 N–H and O–H groups in total. The quantitative estimate of drug-likeness (QED) is 0.242. The highest BCUT2D eigenvalue weighted by Crippen LogP contribution is 2.25. The summed E-state index contributed by atoms with van der Waals surface area (Å²) in [6.07, 6.45) is 5.27. The lowest BCUT2D eigenvalue weighted by atomic mass is 10.1. The maximum Gasteiger partial charge on any atom is 0.273 e. The van der Waals surface area contributed by atoms with Gasteiger partial charge in [-0.15, -0.1) is 0 Å². The van der Waals surface area contributed by atoms with Gasteiger partial charge in [0.05, 0.1) is 27.5 Å². The zero-order chi connectivity index (χ0) is 24.6. The molecule has 35 heavy (non-hydrogen) atoms. The summed E-state index contributed by atoms with van der Waals surface area (Å²) in [5.74, 6) is -0.147. The number of rotatable bonds is 8. The van der Waals surface area contributed by atoms with Crippen molar-refractivity contribution in [2.75, 3.05) is 11.9 Å². The number of hydrogen-bond acceptors (Lipinski definition) is 4. The van der Waals surface area contributed by atoms with E-state index >= 15 is 0 Å². The Kier molecular flexibility index (Phi) is 7.82. The number of carbonyl (C=O) groups excluding carboxylic acids is 2. The number of ether oxygens (including phenoxy) is 1. The van der Waals surface area contributed by atoms with E-state index in [1.807, 2.05) is 41.2 Å². The summed E-state index contributed by atoms with van der Waals surface area (Å²) in [7, 11) is 0. The molecule has 1 aromatic heterocycles. The summed E-state index contributed by atoms with van der Waals surface area (Å²) in [4.78, 5) is 24.7. The molecule has 4 aromatic rings. The van der Waals surface area contributed by atoms with Gasteiger partial charge < -0.3 is 14.6 Å². The van der Waals surface area contributed by atoms with Gasteiger partial charge in [0, 0.05) is 18.1 Å². The minimum Gasteiger partial charge on any atom is -0.484 e. The molecule has 0 bridgehead atoms. The van der Waals surface area contributed by atoms with Crippen molar-refractivity contribution in [1.29, 1.82) is 0 Å². The van der Waals surface area contributed by atoms with Gasteiger partial charge in [-0.05, 0) is 72.3 Å². The summed E-state index contributed by atoms with van der Waals surface area (Å²) in [5.41, 5.74) is 5.09. The van der Waals surface area contributed by atoms with Crippen LogP contribution in [0.15, 0.2) is 96.4 Å². The van der Waals surface area contributed by atoms with Gasteiger partial charge in [0.25, 0.3) is 11.8 Å². The van der Waals surface area contributed by atoms with E-state index in [-0.39, 0.29) is 18.4 Å². The van der Waals surface area contributed by atoms with E-state index in [0.717, 1.165) is 11.3 Å². The second-order valence-corrected chi connectivity index (χ2v) is 8.16. The first kappa shape index (κ1) is 24.1. The minimum absolute atomic E-state index is 0.176. The van der Waals surface area contributed by atoms with Crippen LogP contribution in [0.25, 0.3) is 5.69 Å². The molecule has 9 heteroatoms. The predicted octanol–water partition coefficient (Wildman–Crippen LogP) is 5.57. The fourth-order valence-electron chi connectivity index (χ4n) is 3.18. The molecule has 0 atom stereocenters. The van der Waals surface area contributed by atoms with Crippen LogP contribution < -0.4 is 15.5 Å². The van der Waals surface area contributed by atoms with Crippen molar-refractivity contribution in [3.63, 3.8) is 0 Å². The maximum atomic E-state index is 12.6. The van der Waals surface area contributed by atoms with Crippen LogP contribution in [-0.4, -0.2) is 29.2 Å². The Morgan fingerprint density at radius 2 is 1.66 bits per heavy atom. The molecular weight excluding hydrogens is 487 g/mol. The van der Waals surface area contributed by atoms with Crippen LogP contribution >= 0.6 is 23.2 Å². The average molecular weight is 507 g/mol. The van der Waals surface area contributed by atoms with Crippen molar-refractivity contribution in [3.05, 3.63) is 112 Å². The van der Waals surface area contributed by atoms with Crippen LogP contribution in [0.5, 0.6) is 5.75 Å². The summed E-state index contributed by atoms with van der Waals surface area (Å²) in [6, 6.07) is 22.8. The second-order valence-electron chi connectivity index (χ2n) is 7.34. The number of para-hydroxylation sites is 1. The highest BCUT2D eigenvalue weighted by Gasteiger charge is 2.11. The number of halogens is 2. The third-order valence-corrected chi connectivity index (χ3v) is 5.60. The number of nitrogens with zero attached hydrogens (tertiary/aromatic N) is 2. The summed E-state index contributed by atoms with van der Waals surface area (Å²) >= 11 is 11.8. The summed E-state index contributed by atoms with van der Waals surface area (Å²) in [6.45, 7) is -0.176. The number of benzene rings is 3. The van der Waals surface area contributed by atoms with Crippen molar-refractivity contribution in [2.24, 2.45) is 5.10 Å². The zero-order valence-electron chi connectivity index (χ0n) is 18.3. The fraction of sp³-hybridized carbons (Fsp3) is 0.0385. The Morgan fingerprint density at radius 3 is 2.40 bits per heavy atom. The van der Waals surface area contributed by atoms with Gasteiger partial charge in [-0.25, -0.2) is 5.43 Å². The van der Waals surface area contributed by atoms with Gasteiger partial charge in [-0.1, -0.05) is 35.3 Å². The molecule has 0 saturated heterocycles.